The zero-order valence-electron chi connectivity index (χ0n) is 24.3. The number of hydrogen-bond donors (Lipinski definition) is 2. The fraction of sp³-hybridized carbons (Fsp3) is 0.800. The Morgan fingerprint density at radius 3 is 1.20 bits per heavy atom. The number of unbranched alkanes of at least 4 members (excludes halogenated alkanes) is 13. The molecule has 0 heterocycles. The second kappa shape index (κ2) is 27.7. The Morgan fingerprint density at radius 2 is 0.914 bits per heavy atom. The van der Waals surface area contributed by atoms with E-state index in [1.165, 1.54) is 95.5 Å². The average Bonchev–Trinajstić information content (AvgIpc) is 2.85. The van der Waals surface area contributed by atoms with Crippen LogP contribution in [-0.4, -0.2) is 20.2 Å². The molecule has 1 aromatic carbocycles. The molecular weight excluding hydrogens is 431 g/mol. The van der Waals surface area contributed by atoms with Gasteiger partial charge in [0.1, 0.15) is 0 Å². The van der Waals surface area contributed by atoms with Crippen molar-refractivity contribution < 1.29 is 21.5 Å². The molecule has 0 aromatic heterocycles. The number of rotatable bonds is 18. The van der Waals surface area contributed by atoms with Gasteiger partial charge in [0.15, 0.2) is 0 Å². The summed E-state index contributed by atoms with van der Waals surface area (Å²) in [5.74, 6) is 1.55. The molecule has 0 bridgehead atoms. The Bertz CT molecular complexity index is 514. The second-order valence-electron chi connectivity index (χ2n) is 10.8. The van der Waals surface area contributed by atoms with E-state index < -0.39 is 7.12 Å². The maximum atomic E-state index is 10.8. The first kappa shape index (κ1) is 36.3. The van der Waals surface area contributed by atoms with Gasteiger partial charge in [0.2, 0.25) is 0 Å². The highest BCUT2D eigenvalue weighted by molar-refractivity contribution is 6.55. The molecule has 6 N–H and O–H groups in total. The van der Waals surface area contributed by atoms with Gasteiger partial charge in [-0.2, -0.15) is 0 Å². The van der Waals surface area contributed by atoms with Crippen molar-refractivity contribution in [2.75, 3.05) is 13.1 Å². The van der Waals surface area contributed by atoms with Gasteiger partial charge in [0.05, 0.1) is 13.1 Å². The summed E-state index contributed by atoms with van der Waals surface area (Å²) in [7, 11) is -1.85. The Morgan fingerprint density at radius 1 is 0.600 bits per heavy atom. The van der Waals surface area contributed by atoms with Crippen LogP contribution in [0.1, 0.15) is 130 Å². The summed E-state index contributed by atoms with van der Waals surface area (Å²) in [4.78, 5) is 0. The van der Waals surface area contributed by atoms with E-state index in [-0.39, 0.29) is 0 Å². The molecule has 0 saturated carbocycles. The lowest BCUT2D eigenvalue weighted by atomic mass is 9.80. The standard InChI is InChI=1S/C22H37BO2.2C4H11N/c1-2-3-4-5-6-7-8-9-10-11-12-13-14-15-16-21-17-19-22(20-18-21)23(24)25;2*1-4(2)3-5/h17-20H,2-16H2,1H3;2*4H,3,5H2,1-2H3/q-2;;/p+2. The van der Waals surface area contributed by atoms with Crippen LogP contribution in [0.3, 0.4) is 0 Å². The Labute approximate surface area is 219 Å². The van der Waals surface area contributed by atoms with Crippen molar-refractivity contribution in [2.24, 2.45) is 11.8 Å². The van der Waals surface area contributed by atoms with E-state index in [1.54, 1.807) is 12.1 Å². The topological polar surface area (TPSA) is 101 Å². The fourth-order valence-corrected chi connectivity index (χ4v) is 3.37. The van der Waals surface area contributed by atoms with Gasteiger partial charge in [0, 0.05) is 11.8 Å². The van der Waals surface area contributed by atoms with Crippen LogP contribution in [0.4, 0.5) is 0 Å². The average molecular weight is 493 g/mol. The smallest absolute Gasteiger partial charge is 0.0763 e. The first-order chi connectivity index (χ1) is 16.8. The van der Waals surface area contributed by atoms with Crippen molar-refractivity contribution >= 4 is 12.6 Å². The third kappa shape index (κ3) is 29.2. The minimum absolute atomic E-state index is 0.352. The molecule has 0 fully saturated rings. The van der Waals surface area contributed by atoms with Gasteiger partial charge >= 0.3 is 0 Å². The molecule has 0 amide bonds. The maximum Gasteiger partial charge on any atom is 0.0763 e. The molecule has 35 heavy (non-hydrogen) atoms. The predicted octanol–water partition coefficient (Wildman–Crippen LogP) is 3.89. The minimum atomic E-state index is -1.85. The van der Waals surface area contributed by atoms with Gasteiger partial charge in [-0.1, -0.05) is 149 Å². The lowest BCUT2D eigenvalue weighted by molar-refractivity contribution is -0.377. The third-order valence-corrected chi connectivity index (χ3v) is 6.23. The van der Waals surface area contributed by atoms with E-state index in [4.69, 9.17) is 0 Å². The summed E-state index contributed by atoms with van der Waals surface area (Å²) in [6.45, 7) is 13.0. The minimum Gasteiger partial charge on any atom is -0.889 e. The number of hydrogen-bond acceptors (Lipinski definition) is 2. The van der Waals surface area contributed by atoms with Crippen LogP contribution < -0.4 is 27.0 Å². The zero-order valence-corrected chi connectivity index (χ0v) is 24.3. The van der Waals surface area contributed by atoms with E-state index in [2.05, 4.69) is 46.1 Å². The molecule has 0 spiro atoms. The number of quaternary nitrogens is 2. The van der Waals surface area contributed by atoms with Crippen molar-refractivity contribution in [1.82, 2.24) is 0 Å². The Hall–Kier alpha value is -0.875. The lowest BCUT2D eigenvalue weighted by Crippen LogP contribution is -2.55. The molecule has 1 aromatic rings. The van der Waals surface area contributed by atoms with E-state index in [0.29, 0.717) is 5.46 Å². The molecule has 0 aliphatic rings. The highest BCUT2D eigenvalue weighted by Gasteiger charge is 1.96. The van der Waals surface area contributed by atoms with Crippen LogP contribution in [0.25, 0.3) is 0 Å². The summed E-state index contributed by atoms with van der Waals surface area (Å²) >= 11 is 0. The normalized spacial score (nSPS) is 10.6. The molecule has 0 aliphatic heterocycles. The molecule has 0 atom stereocenters. The fourth-order valence-electron chi connectivity index (χ4n) is 3.37. The first-order valence-corrected chi connectivity index (χ1v) is 14.8. The highest BCUT2D eigenvalue weighted by Crippen LogP contribution is 2.13. The third-order valence-electron chi connectivity index (χ3n) is 6.23. The molecule has 0 unspecified atom stereocenters. The Balaban J connectivity index is 0. The monoisotopic (exact) mass is 492 g/mol. The van der Waals surface area contributed by atoms with Gasteiger partial charge in [-0.15, -0.1) is 5.46 Å². The van der Waals surface area contributed by atoms with Crippen LogP contribution in [-0.2, 0) is 6.42 Å². The zero-order chi connectivity index (χ0) is 26.7. The van der Waals surface area contributed by atoms with Gasteiger partial charge in [-0.05, 0) is 18.4 Å². The maximum absolute atomic E-state index is 10.8. The molecule has 0 aliphatic carbocycles. The van der Waals surface area contributed by atoms with Crippen LogP contribution in [0.15, 0.2) is 24.3 Å². The molecule has 5 heteroatoms. The molecule has 1 rings (SSSR count). The SMILES string of the molecule is CC(C)C[NH3+].CC(C)C[NH3+].CCCCCCCCCCCCCCCCc1ccc(B([O-])[O-])cc1. The predicted molar refractivity (Wildman–Crippen MR) is 151 cm³/mol. The van der Waals surface area contributed by atoms with Gasteiger partial charge < -0.3 is 21.5 Å². The van der Waals surface area contributed by atoms with Crippen molar-refractivity contribution in [2.45, 2.75) is 131 Å². The Kier molecular flexibility index (Phi) is 28.7. The van der Waals surface area contributed by atoms with E-state index >= 15 is 0 Å². The molecule has 0 saturated heterocycles. The van der Waals surface area contributed by atoms with Crippen LogP contribution >= 0.6 is 0 Å². The van der Waals surface area contributed by atoms with Crippen LogP contribution in [0.5, 0.6) is 0 Å². The van der Waals surface area contributed by atoms with Crippen molar-refractivity contribution in [3.8, 4) is 0 Å². The molecule has 206 valence electrons. The van der Waals surface area contributed by atoms with E-state index in [0.717, 1.165) is 31.3 Å². The lowest BCUT2D eigenvalue weighted by Gasteiger charge is -2.26. The van der Waals surface area contributed by atoms with Gasteiger partial charge in [-0.3, -0.25) is 0 Å². The highest BCUT2D eigenvalue weighted by atomic mass is 16.4. The van der Waals surface area contributed by atoms with Crippen molar-refractivity contribution in [1.29, 1.82) is 0 Å². The quantitative estimate of drug-likeness (QED) is 0.240. The van der Waals surface area contributed by atoms with Crippen molar-refractivity contribution in [3.63, 3.8) is 0 Å². The van der Waals surface area contributed by atoms with Gasteiger partial charge in [-0.25, -0.2) is 0 Å². The second-order valence-corrected chi connectivity index (χ2v) is 10.8. The molecule has 0 radical (unpaired) electrons. The van der Waals surface area contributed by atoms with Crippen LogP contribution in [0.2, 0.25) is 0 Å². The van der Waals surface area contributed by atoms with Crippen LogP contribution in [0, 0.1) is 11.8 Å². The summed E-state index contributed by atoms with van der Waals surface area (Å²) in [5, 5.41) is 21.6. The first-order valence-electron chi connectivity index (χ1n) is 14.8. The molecular formula is C30H61BN2O2. The summed E-state index contributed by atoms with van der Waals surface area (Å²) < 4.78 is 0. The van der Waals surface area contributed by atoms with E-state index in [1.807, 2.05) is 12.1 Å². The molecule has 4 nitrogen and oxygen atoms in total. The number of aryl methyl sites for hydroxylation is 1. The number of benzene rings is 1. The summed E-state index contributed by atoms with van der Waals surface area (Å²) in [6.07, 6.45) is 20.4. The summed E-state index contributed by atoms with van der Waals surface area (Å²) in [6, 6.07) is 7.23. The van der Waals surface area contributed by atoms with Gasteiger partial charge in [0.25, 0.3) is 0 Å². The largest absolute Gasteiger partial charge is 0.889 e. The van der Waals surface area contributed by atoms with Crippen molar-refractivity contribution in [3.05, 3.63) is 29.8 Å². The van der Waals surface area contributed by atoms with E-state index in [9.17, 15) is 10.0 Å². The summed E-state index contributed by atoms with van der Waals surface area (Å²) in [5.41, 5.74) is 8.96.